The molecule has 0 spiro atoms. The Labute approximate surface area is 242 Å². The van der Waals surface area contributed by atoms with E-state index in [0.717, 1.165) is 47.5 Å². The molecule has 1 aliphatic carbocycles. The standard InChI is InChI=1S/C31H36ClN3O4S/c1-23-11-9-16-28(19-23)35(40(38,39)29-17-7-4-8-18-29)22-30(36)34(21-25-12-10-13-26(32)20-25)24(2)31(37)33-27-14-5-3-6-15-27/h4,7-13,16-20,24,27H,3,5-6,14-15,21-22H2,1-2H3,(H,33,37)/t24-/m1/s1. The maximum Gasteiger partial charge on any atom is 0.264 e. The number of amides is 2. The Bertz CT molecular complexity index is 1430. The number of benzene rings is 3. The number of aryl methyl sites for hydroxylation is 1. The molecule has 3 aromatic carbocycles. The molecular weight excluding hydrogens is 546 g/mol. The third-order valence-corrected chi connectivity index (χ3v) is 9.28. The van der Waals surface area contributed by atoms with Crippen LogP contribution in [0.3, 0.4) is 0 Å². The van der Waals surface area contributed by atoms with Crippen LogP contribution in [-0.2, 0) is 26.2 Å². The third-order valence-electron chi connectivity index (χ3n) is 7.26. The molecule has 0 aliphatic heterocycles. The second kappa shape index (κ2) is 13.3. The number of nitrogens with one attached hydrogen (secondary N) is 1. The molecule has 1 saturated carbocycles. The predicted molar refractivity (Wildman–Crippen MR) is 159 cm³/mol. The number of rotatable bonds is 10. The van der Waals surface area contributed by atoms with Gasteiger partial charge in [-0.3, -0.25) is 13.9 Å². The van der Waals surface area contributed by atoms with Crippen LogP contribution in [0.4, 0.5) is 5.69 Å². The van der Waals surface area contributed by atoms with E-state index in [1.807, 2.05) is 19.1 Å². The minimum absolute atomic E-state index is 0.0776. The van der Waals surface area contributed by atoms with E-state index < -0.39 is 28.5 Å². The second-order valence-electron chi connectivity index (χ2n) is 10.3. The highest BCUT2D eigenvalue weighted by molar-refractivity contribution is 7.92. The maximum atomic E-state index is 14.0. The summed E-state index contributed by atoms with van der Waals surface area (Å²) in [5.41, 5.74) is 1.97. The fraction of sp³-hybridized carbons (Fsp3) is 0.355. The zero-order valence-corrected chi connectivity index (χ0v) is 24.5. The lowest BCUT2D eigenvalue weighted by Crippen LogP contribution is -2.53. The maximum absolute atomic E-state index is 14.0. The summed E-state index contributed by atoms with van der Waals surface area (Å²) in [4.78, 5) is 28.9. The largest absolute Gasteiger partial charge is 0.352 e. The summed E-state index contributed by atoms with van der Waals surface area (Å²) in [6.45, 7) is 3.18. The Morgan fingerprint density at radius 2 is 1.65 bits per heavy atom. The molecule has 0 saturated heterocycles. The second-order valence-corrected chi connectivity index (χ2v) is 12.6. The van der Waals surface area contributed by atoms with Gasteiger partial charge in [-0.2, -0.15) is 0 Å². The minimum Gasteiger partial charge on any atom is -0.352 e. The lowest BCUT2D eigenvalue weighted by atomic mass is 9.95. The number of carbonyl (C=O) groups is 2. The summed E-state index contributed by atoms with van der Waals surface area (Å²) < 4.78 is 28.8. The van der Waals surface area contributed by atoms with Crippen molar-refractivity contribution in [2.75, 3.05) is 10.8 Å². The van der Waals surface area contributed by atoms with Crippen LogP contribution in [0, 0.1) is 6.92 Å². The summed E-state index contributed by atoms with van der Waals surface area (Å²) in [6, 6.07) is 21.4. The van der Waals surface area contributed by atoms with Crippen molar-refractivity contribution < 1.29 is 18.0 Å². The Kier molecular flexibility index (Phi) is 9.87. The molecule has 0 unspecified atom stereocenters. The summed E-state index contributed by atoms with van der Waals surface area (Å²) in [6.07, 6.45) is 5.11. The van der Waals surface area contributed by atoms with Crippen LogP contribution in [0.15, 0.2) is 83.8 Å². The molecule has 3 aromatic rings. The van der Waals surface area contributed by atoms with Crippen molar-refractivity contribution in [2.24, 2.45) is 0 Å². The first-order chi connectivity index (χ1) is 19.1. The quantitative estimate of drug-likeness (QED) is 0.332. The molecular formula is C31H36ClN3O4S. The van der Waals surface area contributed by atoms with Crippen LogP contribution in [0.25, 0.3) is 0 Å². The van der Waals surface area contributed by atoms with Crippen LogP contribution < -0.4 is 9.62 Å². The number of nitrogens with zero attached hydrogens (tertiary/aromatic N) is 2. The van der Waals surface area contributed by atoms with Gasteiger partial charge in [0.2, 0.25) is 11.8 Å². The van der Waals surface area contributed by atoms with Crippen molar-refractivity contribution in [2.45, 2.75) is 69.5 Å². The molecule has 40 heavy (non-hydrogen) atoms. The molecule has 212 valence electrons. The van der Waals surface area contributed by atoms with Gasteiger partial charge in [0.1, 0.15) is 12.6 Å². The molecule has 0 radical (unpaired) electrons. The topological polar surface area (TPSA) is 86.8 Å². The Balaban J connectivity index is 1.67. The Hall–Kier alpha value is -3.36. The monoisotopic (exact) mass is 581 g/mol. The molecule has 1 atom stereocenters. The van der Waals surface area contributed by atoms with Gasteiger partial charge >= 0.3 is 0 Å². The summed E-state index contributed by atoms with van der Waals surface area (Å²) in [5, 5.41) is 3.62. The summed E-state index contributed by atoms with van der Waals surface area (Å²) in [5.74, 6) is -0.748. The fourth-order valence-electron chi connectivity index (χ4n) is 5.01. The fourth-order valence-corrected chi connectivity index (χ4v) is 6.65. The average molecular weight is 582 g/mol. The van der Waals surface area contributed by atoms with E-state index in [9.17, 15) is 18.0 Å². The molecule has 0 heterocycles. The molecule has 2 amide bonds. The number of anilines is 1. The van der Waals surface area contributed by atoms with Gasteiger partial charge in [-0.1, -0.05) is 73.3 Å². The number of halogens is 1. The summed E-state index contributed by atoms with van der Waals surface area (Å²) in [7, 11) is -4.08. The smallest absolute Gasteiger partial charge is 0.264 e. The summed E-state index contributed by atoms with van der Waals surface area (Å²) >= 11 is 6.22. The first-order valence-corrected chi connectivity index (χ1v) is 15.5. The van der Waals surface area contributed by atoms with E-state index in [4.69, 9.17) is 11.6 Å². The Morgan fingerprint density at radius 3 is 2.33 bits per heavy atom. The highest BCUT2D eigenvalue weighted by atomic mass is 35.5. The third kappa shape index (κ3) is 7.43. The molecule has 0 aromatic heterocycles. The predicted octanol–water partition coefficient (Wildman–Crippen LogP) is 5.71. The van der Waals surface area contributed by atoms with Gasteiger partial charge in [0.05, 0.1) is 10.6 Å². The first kappa shape index (κ1) is 29.6. The van der Waals surface area contributed by atoms with Gasteiger partial charge in [-0.05, 0) is 74.2 Å². The lowest BCUT2D eigenvalue weighted by molar-refractivity contribution is -0.139. The van der Waals surface area contributed by atoms with Crippen LogP contribution in [0.1, 0.15) is 50.2 Å². The number of carbonyl (C=O) groups excluding carboxylic acids is 2. The van der Waals surface area contributed by atoms with Crippen molar-refractivity contribution >= 4 is 39.1 Å². The molecule has 7 nitrogen and oxygen atoms in total. The minimum atomic E-state index is -4.08. The average Bonchev–Trinajstić information content (AvgIpc) is 2.95. The molecule has 0 bridgehead atoms. The highest BCUT2D eigenvalue weighted by Crippen LogP contribution is 2.26. The van der Waals surface area contributed by atoms with Gasteiger partial charge in [-0.15, -0.1) is 0 Å². The van der Waals surface area contributed by atoms with Gasteiger partial charge in [0.15, 0.2) is 0 Å². The van der Waals surface area contributed by atoms with Crippen LogP contribution in [-0.4, -0.2) is 43.8 Å². The SMILES string of the molecule is Cc1cccc(N(CC(=O)N(Cc2cccc(Cl)c2)[C@H](C)C(=O)NC2CCCCC2)S(=O)(=O)c2ccccc2)c1. The number of hydrogen-bond acceptors (Lipinski definition) is 4. The van der Waals surface area contributed by atoms with Gasteiger partial charge in [0.25, 0.3) is 10.0 Å². The number of hydrogen-bond donors (Lipinski definition) is 1. The van der Waals surface area contributed by atoms with E-state index in [1.165, 1.54) is 17.0 Å². The number of sulfonamides is 1. The van der Waals surface area contributed by atoms with Crippen LogP contribution in [0.2, 0.25) is 5.02 Å². The molecule has 1 aliphatic rings. The zero-order valence-electron chi connectivity index (χ0n) is 22.9. The molecule has 4 rings (SSSR count). The molecule has 1 fully saturated rings. The van der Waals surface area contributed by atoms with Crippen molar-refractivity contribution in [3.05, 3.63) is 95.0 Å². The Morgan fingerprint density at radius 1 is 0.950 bits per heavy atom. The first-order valence-electron chi connectivity index (χ1n) is 13.6. The lowest BCUT2D eigenvalue weighted by Gasteiger charge is -2.33. The van der Waals surface area contributed by atoms with Gasteiger partial charge < -0.3 is 10.2 Å². The van der Waals surface area contributed by atoms with E-state index in [0.29, 0.717) is 10.7 Å². The van der Waals surface area contributed by atoms with Crippen molar-refractivity contribution in [3.8, 4) is 0 Å². The normalized spacial score (nSPS) is 14.8. The van der Waals surface area contributed by atoms with Crippen molar-refractivity contribution in [1.82, 2.24) is 10.2 Å². The van der Waals surface area contributed by atoms with Gasteiger partial charge in [-0.25, -0.2) is 8.42 Å². The van der Waals surface area contributed by atoms with E-state index >= 15 is 0 Å². The molecule has 1 N–H and O–H groups in total. The van der Waals surface area contributed by atoms with Crippen molar-refractivity contribution in [3.63, 3.8) is 0 Å². The van der Waals surface area contributed by atoms with Crippen LogP contribution in [0.5, 0.6) is 0 Å². The molecule has 9 heteroatoms. The van der Waals surface area contributed by atoms with E-state index in [1.54, 1.807) is 61.5 Å². The zero-order chi connectivity index (χ0) is 28.7. The van der Waals surface area contributed by atoms with Crippen molar-refractivity contribution in [1.29, 1.82) is 0 Å². The van der Waals surface area contributed by atoms with E-state index in [-0.39, 0.29) is 23.4 Å². The highest BCUT2D eigenvalue weighted by Gasteiger charge is 2.33. The van der Waals surface area contributed by atoms with E-state index in [2.05, 4.69) is 5.32 Å². The van der Waals surface area contributed by atoms with Gasteiger partial charge in [0, 0.05) is 17.6 Å². The van der Waals surface area contributed by atoms with Crippen LogP contribution >= 0.6 is 11.6 Å².